The molecule has 5 heteroatoms. The molecular formula is C23H23N3OS. The average molecular weight is 390 g/mol. The van der Waals surface area contributed by atoms with Crippen LogP contribution < -0.4 is 5.56 Å². The first kappa shape index (κ1) is 19.9. The number of hydrogen-bond donors (Lipinski definition) is 1. The van der Waals surface area contributed by atoms with E-state index in [2.05, 4.69) is 37.7 Å². The molecule has 1 atom stereocenters. The zero-order valence-corrected chi connectivity index (χ0v) is 17.3. The summed E-state index contributed by atoms with van der Waals surface area (Å²) >= 11 is 1.47. The van der Waals surface area contributed by atoms with Crippen LogP contribution in [0.5, 0.6) is 0 Å². The molecule has 1 N–H and O–H groups in total. The molecule has 0 aliphatic heterocycles. The number of nitrogens with zero attached hydrogens (tertiary/aromatic N) is 2. The summed E-state index contributed by atoms with van der Waals surface area (Å²) in [5.74, 6) is 0. The van der Waals surface area contributed by atoms with Crippen LogP contribution in [0.3, 0.4) is 0 Å². The third-order valence-electron chi connectivity index (χ3n) is 4.59. The van der Waals surface area contributed by atoms with Crippen molar-refractivity contribution in [3.63, 3.8) is 0 Å². The molecule has 0 fully saturated rings. The van der Waals surface area contributed by atoms with Gasteiger partial charge in [0.05, 0.1) is 5.69 Å². The monoisotopic (exact) mass is 389 g/mol. The van der Waals surface area contributed by atoms with E-state index in [0.29, 0.717) is 10.9 Å². The molecule has 2 aromatic carbocycles. The highest BCUT2D eigenvalue weighted by atomic mass is 32.2. The van der Waals surface area contributed by atoms with Gasteiger partial charge >= 0.3 is 0 Å². The van der Waals surface area contributed by atoms with Gasteiger partial charge in [-0.25, -0.2) is 4.98 Å². The predicted octanol–water partition coefficient (Wildman–Crippen LogP) is 5.46. The van der Waals surface area contributed by atoms with E-state index < -0.39 is 5.56 Å². The smallest absolute Gasteiger partial charge is 0.270 e. The lowest BCUT2D eigenvalue weighted by molar-refractivity contribution is 0.590. The van der Waals surface area contributed by atoms with E-state index in [0.717, 1.165) is 11.1 Å². The summed E-state index contributed by atoms with van der Waals surface area (Å²) in [7, 11) is 0. The van der Waals surface area contributed by atoms with Gasteiger partial charge in [0, 0.05) is 10.8 Å². The van der Waals surface area contributed by atoms with Gasteiger partial charge < -0.3 is 4.98 Å². The van der Waals surface area contributed by atoms with Crippen LogP contribution in [0.4, 0.5) is 0 Å². The number of H-pyrrole nitrogens is 1. The predicted molar refractivity (Wildman–Crippen MR) is 114 cm³/mol. The molecule has 0 amide bonds. The van der Waals surface area contributed by atoms with Crippen molar-refractivity contribution in [1.82, 2.24) is 9.97 Å². The Morgan fingerprint density at radius 1 is 1.07 bits per heavy atom. The molecule has 0 aliphatic rings. The van der Waals surface area contributed by atoms with Gasteiger partial charge in [0.2, 0.25) is 0 Å². The minimum Gasteiger partial charge on any atom is -0.300 e. The van der Waals surface area contributed by atoms with E-state index in [-0.39, 0.29) is 16.2 Å². The first-order chi connectivity index (χ1) is 13.3. The Labute approximate surface area is 169 Å². The van der Waals surface area contributed by atoms with Gasteiger partial charge in [-0.15, -0.1) is 0 Å². The minimum atomic E-state index is -0.407. The highest BCUT2D eigenvalue weighted by molar-refractivity contribution is 7.99. The van der Waals surface area contributed by atoms with Gasteiger partial charge in [-0.1, -0.05) is 87.1 Å². The van der Waals surface area contributed by atoms with Crippen LogP contribution in [0.15, 0.2) is 64.5 Å². The first-order valence-corrected chi connectivity index (χ1v) is 10.0. The fourth-order valence-electron chi connectivity index (χ4n) is 2.91. The van der Waals surface area contributed by atoms with Crippen molar-refractivity contribution in [2.75, 3.05) is 0 Å². The van der Waals surface area contributed by atoms with Crippen molar-refractivity contribution < 1.29 is 0 Å². The Morgan fingerprint density at radius 3 is 2.29 bits per heavy atom. The summed E-state index contributed by atoms with van der Waals surface area (Å²) in [6.45, 7) is 8.51. The van der Waals surface area contributed by atoms with Crippen LogP contribution in [-0.4, -0.2) is 9.97 Å². The highest BCUT2D eigenvalue weighted by Gasteiger charge is 2.18. The normalized spacial score (nSPS) is 12.4. The van der Waals surface area contributed by atoms with E-state index in [1.54, 1.807) is 0 Å². The molecule has 28 heavy (non-hydrogen) atoms. The van der Waals surface area contributed by atoms with Crippen LogP contribution in [-0.2, 0) is 5.41 Å². The van der Waals surface area contributed by atoms with Crippen molar-refractivity contribution in [3.05, 3.63) is 81.6 Å². The maximum absolute atomic E-state index is 12.5. The lowest BCUT2D eigenvalue weighted by Gasteiger charge is -2.19. The molecular weight excluding hydrogens is 366 g/mol. The SMILES string of the molecule is C[C@H](Sc1nc(-c2ccc(C(C)(C)C)cc2)c(C#N)c(=O)[nH]1)c1ccccc1. The molecule has 0 bridgehead atoms. The summed E-state index contributed by atoms with van der Waals surface area (Å²) in [4.78, 5) is 19.8. The molecule has 1 aromatic heterocycles. The lowest BCUT2D eigenvalue weighted by atomic mass is 9.86. The van der Waals surface area contributed by atoms with Crippen molar-refractivity contribution in [3.8, 4) is 17.3 Å². The summed E-state index contributed by atoms with van der Waals surface area (Å²) in [6.07, 6.45) is 0. The summed E-state index contributed by atoms with van der Waals surface area (Å²) < 4.78 is 0. The molecule has 0 unspecified atom stereocenters. The number of aromatic nitrogens is 2. The Morgan fingerprint density at radius 2 is 1.71 bits per heavy atom. The quantitative estimate of drug-likeness (QED) is 0.475. The Bertz CT molecular complexity index is 1060. The standard InChI is InChI=1S/C23H23N3OS/c1-15(16-8-6-5-7-9-16)28-22-25-20(19(14-24)21(27)26-22)17-10-12-18(13-11-17)23(2,3)4/h5-13,15H,1-4H3,(H,25,26,27)/t15-/m0/s1. The van der Waals surface area contributed by atoms with Crippen molar-refractivity contribution >= 4 is 11.8 Å². The largest absolute Gasteiger partial charge is 0.300 e. The second-order valence-corrected chi connectivity index (χ2v) is 9.03. The molecule has 4 nitrogen and oxygen atoms in total. The fraction of sp³-hybridized carbons (Fsp3) is 0.261. The average Bonchev–Trinajstić information content (AvgIpc) is 2.67. The van der Waals surface area contributed by atoms with Gasteiger partial charge in [-0.3, -0.25) is 4.79 Å². The Kier molecular flexibility index (Phi) is 5.71. The van der Waals surface area contributed by atoms with Crippen LogP contribution in [0, 0.1) is 11.3 Å². The van der Waals surface area contributed by atoms with Crippen molar-refractivity contribution in [1.29, 1.82) is 5.26 Å². The molecule has 3 aromatic rings. The van der Waals surface area contributed by atoms with E-state index in [9.17, 15) is 10.1 Å². The number of aromatic amines is 1. The Hall–Kier alpha value is -2.84. The van der Waals surface area contributed by atoms with Crippen LogP contribution in [0.25, 0.3) is 11.3 Å². The number of thioether (sulfide) groups is 1. The van der Waals surface area contributed by atoms with Gasteiger partial charge in [0.1, 0.15) is 11.6 Å². The maximum Gasteiger partial charge on any atom is 0.270 e. The van der Waals surface area contributed by atoms with Gasteiger partial charge in [0.15, 0.2) is 5.16 Å². The molecule has 0 spiro atoms. The molecule has 3 rings (SSSR count). The van der Waals surface area contributed by atoms with Crippen LogP contribution >= 0.6 is 11.8 Å². The second-order valence-electron chi connectivity index (χ2n) is 7.70. The molecule has 0 aliphatic carbocycles. The van der Waals surface area contributed by atoms with E-state index in [4.69, 9.17) is 0 Å². The zero-order valence-electron chi connectivity index (χ0n) is 16.5. The van der Waals surface area contributed by atoms with Crippen molar-refractivity contribution in [2.24, 2.45) is 0 Å². The number of rotatable bonds is 4. The maximum atomic E-state index is 12.5. The Balaban J connectivity index is 1.99. The summed E-state index contributed by atoms with van der Waals surface area (Å²) in [6, 6.07) is 20.0. The van der Waals surface area contributed by atoms with Gasteiger partial charge in [-0.05, 0) is 23.5 Å². The second kappa shape index (κ2) is 8.04. The number of hydrogen-bond acceptors (Lipinski definition) is 4. The highest BCUT2D eigenvalue weighted by Crippen LogP contribution is 2.33. The number of benzene rings is 2. The molecule has 0 saturated heterocycles. The van der Waals surface area contributed by atoms with Crippen LogP contribution in [0.1, 0.15) is 49.6 Å². The summed E-state index contributed by atoms with van der Waals surface area (Å²) in [5.41, 5.74) is 3.20. The molecule has 1 heterocycles. The minimum absolute atomic E-state index is 0.0320. The van der Waals surface area contributed by atoms with E-state index in [1.165, 1.54) is 17.3 Å². The van der Waals surface area contributed by atoms with E-state index >= 15 is 0 Å². The molecule has 142 valence electrons. The topological polar surface area (TPSA) is 69.5 Å². The fourth-order valence-corrected chi connectivity index (χ4v) is 3.83. The van der Waals surface area contributed by atoms with Crippen molar-refractivity contribution in [2.45, 2.75) is 43.5 Å². The van der Waals surface area contributed by atoms with E-state index in [1.807, 2.05) is 60.7 Å². The number of nitrogens with one attached hydrogen (secondary N) is 1. The first-order valence-electron chi connectivity index (χ1n) is 9.16. The van der Waals surface area contributed by atoms with Gasteiger partial charge in [0.25, 0.3) is 5.56 Å². The lowest BCUT2D eigenvalue weighted by Crippen LogP contribution is -2.15. The zero-order chi connectivity index (χ0) is 20.3. The third-order valence-corrected chi connectivity index (χ3v) is 5.63. The summed E-state index contributed by atoms with van der Waals surface area (Å²) in [5, 5.41) is 10.1. The molecule has 0 radical (unpaired) electrons. The third kappa shape index (κ3) is 4.35. The molecule has 0 saturated carbocycles. The number of nitriles is 1. The van der Waals surface area contributed by atoms with Crippen LogP contribution in [0.2, 0.25) is 0 Å². The van der Waals surface area contributed by atoms with Gasteiger partial charge in [-0.2, -0.15) is 5.26 Å².